The van der Waals surface area contributed by atoms with Crippen molar-refractivity contribution in [2.24, 2.45) is 0 Å². The summed E-state index contributed by atoms with van der Waals surface area (Å²) >= 11 is 9.65. The first-order chi connectivity index (χ1) is 8.47. The molecule has 2 aromatic carbocycles. The lowest BCUT2D eigenvalue weighted by Gasteiger charge is -2.13. The predicted octanol–water partition coefficient (Wildman–Crippen LogP) is 5.05. The molecule has 3 N–H and O–H groups in total. The molecule has 2 rings (SSSR count). The fraction of sp³-hybridized carbons (Fsp3) is 0.143. The van der Waals surface area contributed by atoms with E-state index in [0.29, 0.717) is 5.69 Å². The van der Waals surface area contributed by atoms with Gasteiger partial charge >= 0.3 is 0 Å². The maximum absolute atomic E-state index is 6.13. The van der Waals surface area contributed by atoms with Crippen LogP contribution in [0.1, 0.15) is 11.1 Å². The number of hydrogen-bond donors (Lipinski definition) is 2. The topological polar surface area (TPSA) is 38.0 Å². The number of halogens is 2. The van der Waals surface area contributed by atoms with E-state index in [-0.39, 0.29) is 0 Å². The van der Waals surface area contributed by atoms with Crippen LogP contribution in [0.3, 0.4) is 0 Å². The van der Waals surface area contributed by atoms with Crippen molar-refractivity contribution >= 4 is 44.6 Å². The smallest absolute Gasteiger partial charge is 0.0620 e. The van der Waals surface area contributed by atoms with Crippen LogP contribution in [-0.4, -0.2) is 0 Å². The fourth-order valence-electron chi connectivity index (χ4n) is 1.67. The van der Waals surface area contributed by atoms with Crippen LogP contribution in [0, 0.1) is 13.8 Å². The molecular weight excluding hydrogens is 312 g/mol. The molecule has 0 spiro atoms. The van der Waals surface area contributed by atoms with Gasteiger partial charge in [0.05, 0.1) is 17.1 Å². The summed E-state index contributed by atoms with van der Waals surface area (Å²) in [5.41, 5.74) is 10.6. The Morgan fingerprint density at radius 2 is 1.83 bits per heavy atom. The number of nitrogens with two attached hydrogens (primary N) is 1. The molecule has 0 aliphatic heterocycles. The minimum Gasteiger partial charge on any atom is -0.397 e. The molecule has 4 heteroatoms. The van der Waals surface area contributed by atoms with E-state index in [1.54, 1.807) is 0 Å². The highest BCUT2D eigenvalue weighted by molar-refractivity contribution is 9.10. The highest BCUT2D eigenvalue weighted by Gasteiger charge is 2.06. The summed E-state index contributed by atoms with van der Waals surface area (Å²) in [6.45, 7) is 4.00. The third-order valence-corrected chi connectivity index (χ3v) is 3.79. The van der Waals surface area contributed by atoms with Gasteiger partial charge in [-0.25, -0.2) is 0 Å². The normalized spacial score (nSPS) is 10.4. The van der Waals surface area contributed by atoms with E-state index in [4.69, 9.17) is 17.3 Å². The van der Waals surface area contributed by atoms with E-state index in [2.05, 4.69) is 21.2 Å². The van der Waals surface area contributed by atoms with Crippen molar-refractivity contribution in [1.82, 2.24) is 0 Å². The molecule has 94 valence electrons. The van der Waals surface area contributed by atoms with Gasteiger partial charge in [0.25, 0.3) is 0 Å². The second-order valence-corrected chi connectivity index (χ2v) is 5.56. The van der Waals surface area contributed by atoms with E-state index in [0.717, 1.165) is 32.0 Å². The van der Waals surface area contributed by atoms with Gasteiger partial charge in [0.1, 0.15) is 0 Å². The van der Waals surface area contributed by atoms with E-state index in [1.807, 2.05) is 44.2 Å². The summed E-state index contributed by atoms with van der Waals surface area (Å²) in [5.74, 6) is 0. The maximum atomic E-state index is 6.13. The van der Waals surface area contributed by atoms with Crippen LogP contribution in [0.15, 0.2) is 34.8 Å². The lowest BCUT2D eigenvalue weighted by atomic mass is 10.1. The van der Waals surface area contributed by atoms with Gasteiger partial charge in [0.2, 0.25) is 0 Å². The quantitative estimate of drug-likeness (QED) is 0.759. The summed E-state index contributed by atoms with van der Waals surface area (Å²) in [7, 11) is 0. The Morgan fingerprint density at radius 3 is 2.56 bits per heavy atom. The average molecular weight is 326 g/mol. The number of nitrogen functional groups attached to an aromatic ring is 1. The summed E-state index contributed by atoms with van der Waals surface area (Å²) in [6, 6.07) is 9.76. The van der Waals surface area contributed by atoms with Crippen molar-refractivity contribution < 1.29 is 0 Å². The van der Waals surface area contributed by atoms with Crippen molar-refractivity contribution in [1.29, 1.82) is 0 Å². The molecule has 0 heterocycles. The number of hydrogen-bond acceptors (Lipinski definition) is 2. The molecule has 0 unspecified atom stereocenters. The molecule has 0 radical (unpaired) electrons. The van der Waals surface area contributed by atoms with Crippen LogP contribution < -0.4 is 11.1 Å². The van der Waals surface area contributed by atoms with Crippen LogP contribution in [0.5, 0.6) is 0 Å². The van der Waals surface area contributed by atoms with Crippen molar-refractivity contribution in [2.75, 3.05) is 11.1 Å². The molecule has 2 aromatic rings. The average Bonchev–Trinajstić information content (AvgIpc) is 2.30. The standard InChI is InChI=1S/C14H14BrClN2/c1-8-3-4-12(17)14(5-8)18-13-7-11(16)9(2)6-10(13)15/h3-7,18H,17H2,1-2H3. The minimum atomic E-state index is 0.712. The number of benzene rings is 2. The molecule has 18 heavy (non-hydrogen) atoms. The molecule has 0 aliphatic carbocycles. The predicted molar refractivity (Wildman–Crippen MR) is 82.8 cm³/mol. The summed E-state index contributed by atoms with van der Waals surface area (Å²) in [5, 5.41) is 4.02. The zero-order valence-corrected chi connectivity index (χ0v) is 12.6. The van der Waals surface area contributed by atoms with Gasteiger partial charge in [-0.05, 0) is 65.2 Å². The molecule has 0 aromatic heterocycles. The number of nitrogens with one attached hydrogen (secondary N) is 1. The molecule has 0 bridgehead atoms. The van der Waals surface area contributed by atoms with Crippen molar-refractivity contribution in [2.45, 2.75) is 13.8 Å². The molecule has 0 amide bonds. The maximum Gasteiger partial charge on any atom is 0.0620 e. The van der Waals surface area contributed by atoms with Crippen molar-refractivity contribution in [3.8, 4) is 0 Å². The summed E-state index contributed by atoms with van der Waals surface area (Å²) in [4.78, 5) is 0. The fourth-order valence-corrected chi connectivity index (χ4v) is 2.39. The van der Waals surface area contributed by atoms with Gasteiger partial charge in [-0.15, -0.1) is 0 Å². The second kappa shape index (κ2) is 5.21. The number of aryl methyl sites for hydroxylation is 2. The summed E-state index contributed by atoms with van der Waals surface area (Å²) in [6.07, 6.45) is 0. The van der Waals surface area contributed by atoms with Crippen LogP contribution in [0.25, 0.3) is 0 Å². The Hall–Kier alpha value is -1.19. The highest BCUT2D eigenvalue weighted by Crippen LogP contribution is 2.33. The van der Waals surface area contributed by atoms with Gasteiger partial charge in [-0.1, -0.05) is 17.7 Å². The zero-order valence-electron chi connectivity index (χ0n) is 10.2. The van der Waals surface area contributed by atoms with Crippen LogP contribution in [-0.2, 0) is 0 Å². The Morgan fingerprint density at radius 1 is 1.11 bits per heavy atom. The van der Waals surface area contributed by atoms with Crippen molar-refractivity contribution in [3.05, 3.63) is 51.0 Å². The highest BCUT2D eigenvalue weighted by atomic mass is 79.9. The Kier molecular flexibility index (Phi) is 3.83. The molecule has 0 fully saturated rings. The third kappa shape index (κ3) is 2.79. The van der Waals surface area contributed by atoms with E-state index < -0.39 is 0 Å². The Labute approximate surface area is 120 Å². The zero-order chi connectivity index (χ0) is 13.3. The lowest BCUT2D eigenvalue weighted by Crippen LogP contribution is -1.98. The molecule has 0 aliphatic rings. The number of rotatable bonds is 2. The molecule has 0 atom stereocenters. The van der Waals surface area contributed by atoms with Gasteiger partial charge in [0.15, 0.2) is 0 Å². The minimum absolute atomic E-state index is 0.712. The van der Waals surface area contributed by atoms with E-state index in [9.17, 15) is 0 Å². The SMILES string of the molecule is Cc1ccc(N)c(Nc2cc(Cl)c(C)cc2Br)c1. The molecule has 0 saturated carbocycles. The summed E-state index contributed by atoms with van der Waals surface area (Å²) < 4.78 is 0.963. The molecule has 0 saturated heterocycles. The Bertz CT molecular complexity index is 597. The lowest BCUT2D eigenvalue weighted by molar-refractivity contribution is 1.41. The van der Waals surface area contributed by atoms with Crippen LogP contribution in [0.2, 0.25) is 5.02 Å². The third-order valence-electron chi connectivity index (χ3n) is 2.73. The van der Waals surface area contributed by atoms with Crippen LogP contribution in [0.4, 0.5) is 17.1 Å². The second-order valence-electron chi connectivity index (χ2n) is 4.30. The van der Waals surface area contributed by atoms with Gasteiger partial charge in [-0.2, -0.15) is 0 Å². The molecular formula is C14H14BrClN2. The van der Waals surface area contributed by atoms with Gasteiger partial charge in [-0.3, -0.25) is 0 Å². The van der Waals surface area contributed by atoms with Gasteiger partial charge < -0.3 is 11.1 Å². The van der Waals surface area contributed by atoms with Gasteiger partial charge in [0, 0.05) is 9.50 Å². The molecule has 2 nitrogen and oxygen atoms in total. The first kappa shape index (κ1) is 13.2. The van der Waals surface area contributed by atoms with Crippen molar-refractivity contribution in [3.63, 3.8) is 0 Å². The first-order valence-corrected chi connectivity index (χ1v) is 6.73. The monoisotopic (exact) mass is 324 g/mol. The largest absolute Gasteiger partial charge is 0.397 e. The number of anilines is 3. The van der Waals surface area contributed by atoms with Crippen LogP contribution >= 0.6 is 27.5 Å². The van der Waals surface area contributed by atoms with E-state index >= 15 is 0 Å². The first-order valence-electron chi connectivity index (χ1n) is 5.56. The Balaban J connectivity index is 2.40. The van der Waals surface area contributed by atoms with E-state index in [1.165, 1.54) is 0 Å².